The summed E-state index contributed by atoms with van der Waals surface area (Å²) in [6, 6.07) is 0. The zero-order valence-electron chi connectivity index (χ0n) is 13.3. The summed E-state index contributed by atoms with van der Waals surface area (Å²) in [6.45, 7) is 2.29. The van der Waals surface area contributed by atoms with Gasteiger partial charge in [-0.25, -0.2) is 0 Å². The van der Waals surface area contributed by atoms with E-state index in [4.69, 9.17) is 0 Å². The highest BCUT2D eigenvalue weighted by atomic mass is 16.1. The molecule has 0 bridgehead atoms. The number of carbonyl (C=O) groups is 2. The molecule has 0 radical (unpaired) electrons. The fourth-order valence-corrected chi connectivity index (χ4v) is 4.95. The van der Waals surface area contributed by atoms with Gasteiger partial charge in [0.05, 0.1) is 6.42 Å². The predicted molar refractivity (Wildman–Crippen MR) is 83.9 cm³/mol. The van der Waals surface area contributed by atoms with E-state index in [9.17, 15) is 9.59 Å². The van der Waals surface area contributed by atoms with Crippen LogP contribution in [0, 0.1) is 23.7 Å². The van der Waals surface area contributed by atoms with E-state index in [2.05, 4.69) is 6.92 Å². The van der Waals surface area contributed by atoms with Crippen molar-refractivity contribution in [3.05, 3.63) is 11.6 Å². The molecule has 0 aliphatic heterocycles. The topological polar surface area (TPSA) is 34.1 Å². The second-order valence-electron chi connectivity index (χ2n) is 7.49. The number of fused-ring (bicyclic) bond motifs is 1. The molecule has 3 aliphatic carbocycles. The van der Waals surface area contributed by atoms with Crippen molar-refractivity contribution < 1.29 is 9.59 Å². The summed E-state index contributed by atoms with van der Waals surface area (Å²) in [5, 5.41) is 0. The quantitative estimate of drug-likeness (QED) is 0.718. The third-order valence-electron chi connectivity index (χ3n) is 6.13. The highest BCUT2D eigenvalue weighted by molar-refractivity contribution is 6.09. The molecular formula is C19H28O2. The lowest BCUT2D eigenvalue weighted by Gasteiger charge is -2.39. The van der Waals surface area contributed by atoms with E-state index in [-0.39, 0.29) is 23.9 Å². The fraction of sp³-hybridized carbons (Fsp3) is 0.789. The second-order valence-corrected chi connectivity index (χ2v) is 7.49. The Morgan fingerprint density at radius 2 is 1.81 bits per heavy atom. The Morgan fingerprint density at radius 3 is 2.52 bits per heavy atom. The van der Waals surface area contributed by atoms with Gasteiger partial charge in [-0.3, -0.25) is 9.59 Å². The Morgan fingerprint density at radius 1 is 1.05 bits per heavy atom. The Labute approximate surface area is 128 Å². The van der Waals surface area contributed by atoms with Gasteiger partial charge in [0.25, 0.3) is 0 Å². The van der Waals surface area contributed by atoms with Crippen LogP contribution in [0.2, 0.25) is 0 Å². The molecule has 2 nitrogen and oxygen atoms in total. The molecule has 0 N–H and O–H groups in total. The van der Waals surface area contributed by atoms with Crippen molar-refractivity contribution in [1.29, 1.82) is 0 Å². The number of hydrogen-bond acceptors (Lipinski definition) is 2. The summed E-state index contributed by atoms with van der Waals surface area (Å²) >= 11 is 0. The molecule has 0 aromatic heterocycles. The molecule has 0 saturated heterocycles. The Balaban J connectivity index is 1.58. The summed E-state index contributed by atoms with van der Waals surface area (Å²) in [7, 11) is 0. The molecule has 0 heterocycles. The zero-order chi connectivity index (χ0) is 14.8. The van der Waals surface area contributed by atoms with Crippen LogP contribution in [0.4, 0.5) is 0 Å². The van der Waals surface area contributed by atoms with E-state index in [1.54, 1.807) is 6.08 Å². The largest absolute Gasteiger partial charge is 0.299 e. The molecule has 0 amide bonds. The van der Waals surface area contributed by atoms with Crippen molar-refractivity contribution in [2.45, 2.75) is 71.1 Å². The Bertz CT molecular complexity index is 440. The average Bonchev–Trinajstić information content (AvgIpc) is 2.48. The van der Waals surface area contributed by atoms with E-state index < -0.39 is 0 Å². The van der Waals surface area contributed by atoms with Gasteiger partial charge in [0, 0.05) is 5.92 Å². The fourth-order valence-electron chi connectivity index (χ4n) is 4.95. The van der Waals surface area contributed by atoms with Gasteiger partial charge in [0.2, 0.25) is 0 Å². The van der Waals surface area contributed by atoms with E-state index in [0.717, 1.165) is 36.2 Å². The van der Waals surface area contributed by atoms with Crippen LogP contribution in [-0.2, 0) is 9.59 Å². The summed E-state index contributed by atoms with van der Waals surface area (Å²) in [4.78, 5) is 23.7. The van der Waals surface area contributed by atoms with Gasteiger partial charge in [-0.15, -0.1) is 0 Å². The van der Waals surface area contributed by atoms with E-state index in [1.807, 2.05) is 0 Å². The highest BCUT2D eigenvalue weighted by Crippen LogP contribution is 2.45. The second kappa shape index (κ2) is 6.46. The number of rotatable bonds is 3. The first-order chi connectivity index (χ1) is 10.2. The molecule has 21 heavy (non-hydrogen) atoms. The minimum atomic E-state index is 0.0322. The van der Waals surface area contributed by atoms with Crippen molar-refractivity contribution in [3.63, 3.8) is 0 Å². The van der Waals surface area contributed by atoms with Crippen molar-refractivity contribution in [2.24, 2.45) is 23.7 Å². The first kappa shape index (κ1) is 15.0. The van der Waals surface area contributed by atoms with Crippen molar-refractivity contribution in [3.8, 4) is 0 Å². The molecule has 2 atom stereocenters. The maximum absolute atomic E-state index is 12.1. The number of ketones is 2. The molecule has 1 unspecified atom stereocenters. The summed E-state index contributed by atoms with van der Waals surface area (Å²) in [5.41, 5.74) is 1.15. The van der Waals surface area contributed by atoms with Gasteiger partial charge in [0.15, 0.2) is 5.78 Å². The Hall–Kier alpha value is -0.920. The molecular weight excluding hydrogens is 260 g/mol. The minimum Gasteiger partial charge on any atom is -0.299 e. The maximum atomic E-state index is 12.1. The highest BCUT2D eigenvalue weighted by Gasteiger charge is 2.38. The lowest BCUT2D eigenvalue weighted by molar-refractivity contribution is -0.128. The Kier molecular flexibility index (Phi) is 4.61. The van der Waals surface area contributed by atoms with Crippen LogP contribution in [0.15, 0.2) is 11.6 Å². The van der Waals surface area contributed by atoms with Crippen LogP contribution in [0.25, 0.3) is 0 Å². The van der Waals surface area contributed by atoms with Gasteiger partial charge < -0.3 is 0 Å². The molecule has 0 aromatic carbocycles. The smallest absolute Gasteiger partial charge is 0.163 e. The van der Waals surface area contributed by atoms with E-state index in [0.29, 0.717) is 0 Å². The van der Waals surface area contributed by atoms with Gasteiger partial charge in [-0.05, 0) is 55.9 Å². The molecule has 0 aromatic rings. The molecule has 3 rings (SSSR count). The van der Waals surface area contributed by atoms with Crippen LogP contribution >= 0.6 is 0 Å². The lowest BCUT2D eigenvalue weighted by Crippen LogP contribution is -2.34. The number of carbonyl (C=O) groups excluding carboxylic acids is 2. The SMILES string of the molecule is CCCC1CCC([C@@H]2CCC3=CC(=O)CC(=O)C3C2)CC1. The van der Waals surface area contributed by atoms with Gasteiger partial charge in [0.1, 0.15) is 5.78 Å². The van der Waals surface area contributed by atoms with Gasteiger partial charge in [-0.2, -0.15) is 0 Å². The molecule has 116 valence electrons. The summed E-state index contributed by atoms with van der Waals surface area (Å²) in [6.07, 6.45) is 13.4. The third kappa shape index (κ3) is 3.30. The van der Waals surface area contributed by atoms with Gasteiger partial charge >= 0.3 is 0 Å². The zero-order valence-corrected chi connectivity index (χ0v) is 13.3. The monoisotopic (exact) mass is 288 g/mol. The van der Waals surface area contributed by atoms with Crippen LogP contribution < -0.4 is 0 Å². The van der Waals surface area contributed by atoms with E-state index >= 15 is 0 Å². The van der Waals surface area contributed by atoms with Crippen LogP contribution in [0.3, 0.4) is 0 Å². The molecule has 2 fully saturated rings. The number of hydrogen-bond donors (Lipinski definition) is 0. The first-order valence-corrected chi connectivity index (χ1v) is 8.93. The van der Waals surface area contributed by atoms with Crippen molar-refractivity contribution in [1.82, 2.24) is 0 Å². The number of Topliss-reactive ketones (excluding diaryl/α,β-unsaturated/α-hetero) is 1. The normalized spacial score (nSPS) is 37.1. The molecule has 0 spiro atoms. The summed E-state index contributed by atoms with van der Waals surface area (Å²) < 4.78 is 0. The van der Waals surface area contributed by atoms with Crippen LogP contribution in [-0.4, -0.2) is 11.6 Å². The van der Waals surface area contributed by atoms with Crippen LogP contribution in [0.1, 0.15) is 71.1 Å². The number of allylic oxidation sites excluding steroid dienone is 2. The lowest BCUT2D eigenvalue weighted by atomic mass is 9.65. The maximum Gasteiger partial charge on any atom is 0.163 e. The first-order valence-electron chi connectivity index (χ1n) is 8.93. The predicted octanol–water partition coefficient (Wildman–Crippen LogP) is 4.48. The van der Waals surface area contributed by atoms with E-state index in [1.165, 1.54) is 44.9 Å². The third-order valence-corrected chi connectivity index (χ3v) is 6.13. The molecule has 3 aliphatic rings. The van der Waals surface area contributed by atoms with Crippen molar-refractivity contribution >= 4 is 11.6 Å². The standard InChI is InChI=1S/C19H28O2/c1-2-3-13-4-6-14(7-5-13)15-8-9-16-10-17(20)12-19(21)18(16)11-15/h10,13-15,18H,2-9,11-12H2,1H3/t13?,14?,15-,18?/m1/s1. The van der Waals surface area contributed by atoms with Crippen molar-refractivity contribution in [2.75, 3.05) is 0 Å². The van der Waals surface area contributed by atoms with Gasteiger partial charge in [-0.1, -0.05) is 38.2 Å². The minimum absolute atomic E-state index is 0.0322. The van der Waals surface area contributed by atoms with Crippen LogP contribution in [0.5, 0.6) is 0 Å². The average molecular weight is 288 g/mol. The summed E-state index contributed by atoms with van der Waals surface area (Å²) in [5.74, 6) is 2.85. The molecule has 2 saturated carbocycles. The molecule has 2 heteroatoms.